The summed E-state index contributed by atoms with van der Waals surface area (Å²) >= 11 is 0. The molecule has 0 saturated heterocycles. The van der Waals surface area contributed by atoms with E-state index in [0.717, 1.165) is 5.39 Å². The van der Waals surface area contributed by atoms with Gasteiger partial charge in [0.05, 0.1) is 22.1 Å². The van der Waals surface area contributed by atoms with Gasteiger partial charge < -0.3 is 10.6 Å². The van der Waals surface area contributed by atoms with Crippen LogP contribution in [0.2, 0.25) is 0 Å². The summed E-state index contributed by atoms with van der Waals surface area (Å²) in [6, 6.07) is 7.57. The maximum atomic E-state index is 13.1. The van der Waals surface area contributed by atoms with Crippen molar-refractivity contribution in [1.29, 1.82) is 5.26 Å². The quantitative estimate of drug-likeness (QED) is 0.554. The molecule has 0 aromatic carbocycles. The van der Waals surface area contributed by atoms with Crippen molar-refractivity contribution in [3.05, 3.63) is 47.9 Å². The number of carbonyl (C=O) groups is 1. The van der Waals surface area contributed by atoms with Gasteiger partial charge in [0, 0.05) is 48.4 Å². The summed E-state index contributed by atoms with van der Waals surface area (Å²) in [6.45, 7) is 3.98. The van der Waals surface area contributed by atoms with Crippen LogP contribution in [0.3, 0.4) is 0 Å². The molecule has 2 N–H and O–H groups in total. The number of hydrogen-bond acceptors (Lipinski definition) is 7. The van der Waals surface area contributed by atoms with E-state index >= 15 is 0 Å². The Balaban J connectivity index is 1.58. The summed E-state index contributed by atoms with van der Waals surface area (Å²) in [5.41, 5.74) is 2.23. The Bertz CT molecular complexity index is 1370. The molecule has 1 amide bonds. The minimum Gasteiger partial charge on any atom is -0.382 e. The van der Waals surface area contributed by atoms with Crippen molar-refractivity contribution < 1.29 is 13.2 Å². The highest BCUT2D eigenvalue weighted by molar-refractivity contribution is 7.91. The van der Waals surface area contributed by atoms with Crippen molar-refractivity contribution >= 4 is 32.5 Å². The van der Waals surface area contributed by atoms with E-state index in [1.807, 2.05) is 36.7 Å². The highest BCUT2D eigenvalue weighted by Gasteiger charge is 2.29. The van der Waals surface area contributed by atoms with E-state index in [1.54, 1.807) is 12.3 Å². The van der Waals surface area contributed by atoms with Gasteiger partial charge in [-0.3, -0.25) is 9.36 Å². The standard InChI is InChI=1S/C24H28N6O3S/c1-15(2)28-21-11-22(30-9-8-17-10-16(12-25)13-27-23(17)30)26-14-20(21)24(31)29-18-4-6-19(7-5-18)34(3,32)33/h8-11,13-15,18-19H,4-7H2,1-3H3,(H,26,28)(H,29,31). The molecule has 1 aliphatic rings. The van der Waals surface area contributed by atoms with Crippen molar-refractivity contribution in [1.82, 2.24) is 19.9 Å². The minimum atomic E-state index is -3.05. The molecule has 0 spiro atoms. The van der Waals surface area contributed by atoms with Gasteiger partial charge in [0.25, 0.3) is 5.91 Å². The van der Waals surface area contributed by atoms with Crippen LogP contribution in [-0.2, 0) is 9.84 Å². The van der Waals surface area contributed by atoms with Crippen LogP contribution in [0.1, 0.15) is 55.5 Å². The van der Waals surface area contributed by atoms with Gasteiger partial charge in [-0.15, -0.1) is 0 Å². The number of sulfone groups is 1. The average Bonchev–Trinajstić information content (AvgIpc) is 3.21. The second kappa shape index (κ2) is 9.43. The number of nitriles is 1. The molecule has 1 fully saturated rings. The van der Waals surface area contributed by atoms with E-state index in [2.05, 4.69) is 26.7 Å². The predicted octanol–water partition coefficient (Wildman–Crippen LogP) is 3.20. The highest BCUT2D eigenvalue weighted by Crippen LogP contribution is 2.26. The van der Waals surface area contributed by atoms with Crippen molar-refractivity contribution in [3.8, 4) is 11.9 Å². The van der Waals surface area contributed by atoms with Gasteiger partial charge in [0.1, 0.15) is 27.4 Å². The van der Waals surface area contributed by atoms with E-state index in [1.165, 1.54) is 12.5 Å². The summed E-state index contributed by atoms with van der Waals surface area (Å²) in [7, 11) is -3.05. The van der Waals surface area contributed by atoms with Crippen LogP contribution in [0.25, 0.3) is 16.9 Å². The van der Waals surface area contributed by atoms with Crippen LogP contribution >= 0.6 is 0 Å². The third kappa shape index (κ3) is 5.04. The number of anilines is 1. The van der Waals surface area contributed by atoms with E-state index in [-0.39, 0.29) is 23.2 Å². The first-order valence-corrected chi connectivity index (χ1v) is 13.2. The number of fused-ring (bicyclic) bond motifs is 1. The largest absolute Gasteiger partial charge is 0.382 e. The molecule has 1 saturated carbocycles. The maximum absolute atomic E-state index is 13.1. The fourth-order valence-corrected chi connectivity index (χ4v) is 5.48. The first kappa shape index (κ1) is 23.7. The molecule has 0 aliphatic heterocycles. The third-order valence-corrected chi connectivity index (χ3v) is 7.78. The van der Waals surface area contributed by atoms with E-state index in [9.17, 15) is 13.2 Å². The summed E-state index contributed by atoms with van der Waals surface area (Å²) in [5, 5.41) is 16.0. The van der Waals surface area contributed by atoms with Crippen LogP contribution in [0.15, 0.2) is 36.8 Å². The molecule has 178 valence electrons. The lowest BCUT2D eigenvalue weighted by molar-refractivity contribution is 0.0928. The third-order valence-electron chi connectivity index (χ3n) is 6.10. The second-order valence-corrected chi connectivity index (χ2v) is 11.4. The van der Waals surface area contributed by atoms with Crippen LogP contribution in [-0.4, -0.2) is 52.4 Å². The van der Waals surface area contributed by atoms with Gasteiger partial charge in [-0.2, -0.15) is 5.26 Å². The fraction of sp³-hybridized carbons (Fsp3) is 0.417. The molecule has 0 unspecified atom stereocenters. The summed E-state index contributed by atoms with van der Waals surface area (Å²) in [5.74, 6) is 0.361. The van der Waals surface area contributed by atoms with Crippen LogP contribution in [0, 0.1) is 11.3 Å². The maximum Gasteiger partial charge on any atom is 0.255 e. The van der Waals surface area contributed by atoms with Crippen LogP contribution in [0.4, 0.5) is 5.69 Å². The molecule has 3 aromatic rings. The number of nitrogens with one attached hydrogen (secondary N) is 2. The number of carbonyl (C=O) groups excluding carboxylic acids is 1. The lowest BCUT2D eigenvalue weighted by Gasteiger charge is -2.28. The van der Waals surface area contributed by atoms with Gasteiger partial charge in [-0.05, 0) is 51.7 Å². The fourth-order valence-electron chi connectivity index (χ4n) is 4.36. The van der Waals surface area contributed by atoms with E-state index < -0.39 is 9.84 Å². The number of pyridine rings is 2. The zero-order valence-corrected chi connectivity index (χ0v) is 20.3. The molecule has 0 radical (unpaired) electrons. The summed E-state index contributed by atoms with van der Waals surface area (Å²) in [4.78, 5) is 22.0. The normalized spacial score (nSPS) is 18.6. The minimum absolute atomic E-state index is 0.0657. The SMILES string of the molecule is CC(C)Nc1cc(-n2ccc3cc(C#N)cnc32)ncc1C(=O)NC1CCC(S(C)(=O)=O)CC1. The number of hydrogen-bond donors (Lipinski definition) is 2. The molecule has 3 heterocycles. The molecular weight excluding hydrogens is 452 g/mol. The monoisotopic (exact) mass is 480 g/mol. The van der Waals surface area contributed by atoms with Gasteiger partial charge in [0.2, 0.25) is 0 Å². The first-order chi connectivity index (χ1) is 16.2. The van der Waals surface area contributed by atoms with Crippen molar-refractivity contribution in [2.75, 3.05) is 11.6 Å². The molecular formula is C24H28N6O3S. The Morgan fingerprint density at radius 2 is 1.91 bits per heavy atom. The van der Waals surface area contributed by atoms with E-state index in [4.69, 9.17) is 5.26 Å². The smallest absolute Gasteiger partial charge is 0.255 e. The molecule has 10 heteroatoms. The van der Waals surface area contributed by atoms with Crippen LogP contribution in [0.5, 0.6) is 0 Å². The van der Waals surface area contributed by atoms with E-state index in [0.29, 0.717) is 54.0 Å². The zero-order valence-electron chi connectivity index (χ0n) is 19.4. The summed E-state index contributed by atoms with van der Waals surface area (Å²) in [6.07, 6.45) is 8.55. The Labute approximate surface area is 199 Å². The summed E-state index contributed by atoms with van der Waals surface area (Å²) < 4.78 is 25.4. The molecule has 1 aliphatic carbocycles. The molecule has 0 bridgehead atoms. The van der Waals surface area contributed by atoms with Gasteiger partial charge >= 0.3 is 0 Å². The first-order valence-electron chi connectivity index (χ1n) is 11.3. The van der Waals surface area contributed by atoms with Crippen molar-refractivity contribution in [2.45, 2.75) is 56.9 Å². The van der Waals surface area contributed by atoms with Crippen molar-refractivity contribution in [3.63, 3.8) is 0 Å². The molecule has 0 atom stereocenters. The highest BCUT2D eigenvalue weighted by atomic mass is 32.2. The zero-order chi connectivity index (χ0) is 24.5. The Hall–Kier alpha value is -3.45. The van der Waals surface area contributed by atoms with Gasteiger partial charge in [0.15, 0.2) is 0 Å². The number of nitrogens with zero attached hydrogens (tertiary/aromatic N) is 4. The Kier molecular flexibility index (Phi) is 6.57. The van der Waals surface area contributed by atoms with Gasteiger partial charge in [-0.1, -0.05) is 0 Å². The van der Waals surface area contributed by atoms with Gasteiger partial charge in [-0.25, -0.2) is 18.4 Å². The number of rotatable bonds is 6. The molecule has 3 aromatic heterocycles. The molecule has 34 heavy (non-hydrogen) atoms. The predicted molar refractivity (Wildman–Crippen MR) is 131 cm³/mol. The average molecular weight is 481 g/mol. The number of amides is 1. The van der Waals surface area contributed by atoms with Crippen LogP contribution < -0.4 is 10.6 Å². The Morgan fingerprint density at radius 3 is 2.56 bits per heavy atom. The van der Waals surface area contributed by atoms with Crippen molar-refractivity contribution in [2.24, 2.45) is 0 Å². The molecule has 4 rings (SSSR count). The Morgan fingerprint density at radius 1 is 1.18 bits per heavy atom. The lowest BCUT2D eigenvalue weighted by Crippen LogP contribution is -2.40. The lowest BCUT2D eigenvalue weighted by atomic mass is 9.94. The number of aromatic nitrogens is 3. The molecule has 9 nitrogen and oxygen atoms in total. The second-order valence-electron chi connectivity index (χ2n) is 9.10. The topological polar surface area (TPSA) is 130 Å².